The molecule has 317 valence electrons. The minimum atomic E-state index is -1.34. The number of rotatable bonds is 7. The molecule has 11 rings (SSSR count). The van der Waals surface area contributed by atoms with Gasteiger partial charge in [0.2, 0.25) is 5.71 Å². The van der Waals surface area contributed by atoms with E-state index in [1.807, 2.05) is 49.4 Å². The van der Waals surface area contributed by atoms with Gasteiger partial charge in [-0.2, -0.15) is 0 Å². The third kappa shape index (κ3) is 8.12. The Balaban J connectivity index is 0.000000209. The molecule has 7 aromatic carbocycles. The van der Waals surface area contributed by atoms with Crippen LogP contribution in [-0.2, 0) is 26.5 Å². The van der Waals surface area contributed by atoms with E-state index in [1.54, 1.807) is 0 Å². The van der Waals surface area contributed by atoms with Gasteiger partial charge < -0.3 is 14.0 Å². The first-order valence-corrected chi connectivity index (χ1v) is 25.3. The first-order chi connectivity index (χ1) is 30.6. The van der Waals surface area contributed by atoms with E-state index in [-0.39, 0.29) is 20.1 Å². The fraction of sp³-hybridized carbons (Fsp3) is 0.140. The van der Waals surface area contributed by atoms with Crippen LogP contribution in [0.3, 0.4) is 0 Å². The van der Waals surface area contributed by atoms with Crippen LogP contribution >= 0.6 is 0 Å². The number of nitrogens with zero attached hydrogens (tertiary/aromatic N) is 4. The molecule has 5 nitrogen and oxygen atoms in total. The zero-order valence-electron chi connectivity index (χ0n) is 36.9. The van der Waals surface area contributed by atoms with Gasteiger partial charge in [-0.15, -0.1) is 54.1 Å². The van der Waals surface area contributed by atoms with Crippen LogP contribution in [0.2, 0.25) is 19.6 Å². The molecule has 7 heteroatoms. The summed E-state index contributed by atoms with van der Waals surface area (Å²) in [5.74, 6) is 1.45. The first kappa shape index (κ1) is 42.8. The van der Waals surface area contributed by atoms with E-state index < -0.39 is 8.07 Å². The molecule has 0 saturated carbocycles. The Morgan fingerprint density at radius 1 is 0.656 bits per heavy atom. The molecule has 0 aliphatic heterocycles. The fourth-order valence-electron chi connectivity index (χ4n) is 8.87. The van der Waals surface area contributed by atoms with Crippen molar-refractivity contribution >= 4 is 67.9 Å². The van der Waals surface area contributed by atoms with Gasteiger partial charge in [-0.25, -0.2) is 4.98 Å². The second-order valence-corrected chi connectivity index (χ2v) is 22.9. The normalized spacial score (nSPS) is 11.7. The topological polar surface area (TPSA) is 56.7 Å². The molecular formula is C57H48IrN4OSi-2. The summed E-state index contributed by atoms with van der Waals surface area (Å²) in [6.45, 7) is 13.7. The third-order valence-electron chi connectivity index (χ3n) is 11.8. The molecule has 0 aliphatic rings. The maximum absolute atomic E-state index is 6.45. The summed E-state index contributed by atoms with van der Waals surface area (Å²) in [4.78, 5) is 14.8. The number of aryl methyl sites for hydroxylation is 1. The second-order valence-electron chi connectivity index (χ2n) is 17.9. The molecule has 0 atom stereocenters. The Labute approximate surface area is 389 Å². The SMILES string of the molecule is CC(C)Cc1cc(-c2[c-]cccc2)ncc1[Si](C)(C)C.Cc1ccc2c(n1)oc1c(-c3nc4c5ccc6ccccc6c5ccc4n3-c3cccc(-c4ccccc4)c3)[c-]ccc12.[Ir]. The number of aromatic nitrogens is 4. The molecule has 1 radical (unpaired) electrons. The van der Waals surface area contributed by atoms with E-state index in [2.05, 4.69) is 182 Å². The molecule has 0 bridgehead atoms. The van der Waals surface area contributed by atoms with E-state index in [0.717, 1.165) is 78.8 Å². The van der Waals surface area contributed by atoms with Crippen molar-refractivity contribution in [3.63, 3.8) is 0 Å². The number of fused-ring (bicyclic) bond motifs is 8. The number of pyridine rings is 2. The number of benzene rings is 7. The molecule has 4 aromatic heterocycles. The van der Waals surface area contributed by atoms with Crippen LogP contribution in [0.15, 0.2) is 168 Å². The number of furan rings is 1. The Morgan fingerprint density at radius 2 is 1.42 bits per heavy atom. The molecule has 64 heavy (non-hydrogen) atoms. The van der Waals surface area contributed by atoms with Crippen molar-refractivity contribution < 1.29 is 24.5 Å². The molecule has 0 amide bonds. The zero-order valence-corrected chi connectivity index (χ0v) is 40.3. The summed E-state index contributed by atoms with van der Waals surface area (Å²) >= 11 is 0. The fourth-order valence-corrected chi connectivity index (χ4v) is 10.5. The molecule has 0 spiro atoms. The van der Waals surface area contributed by atoms with Gasteiger partial charge in [0.15, 0.2) is 0 Å². The predicted molar refractivity (Wildman–Crippen MR) is 266 cm³/mol. The van der Waals surface area contributed by atoms with E-state index in [0.29, 0.717) is 11.6 Å². The van der Waals surface area contributed by atoms with Crippen molar-refractivity contribution in [3.8, 4) is 39.5 Å². The van der Waals surface area contributed by atoms with Crippen LogP contribution in [0.1, 0.15) is 25.1 Å². The van der Waals surface area contributed by atoms with Crippen molar-refractivity contribution in [2.45, 2.75) is 46.8 Å². The maximum Gasteiger partial charge on any atom is 0.216 e. The minimum Gasteiger partial charge on any atom is -0.486 e. The minimum absolute atomic E-state index is 0. The van der Waals surface area contributed by atoms with Gasteiger partial charge in [-0.3, -0.25) is 4.98 Å². The summed E-state index contributed by atoms with van der Waals surface area (Å²) in [5, 5.41) is 8.22. The number of imidazole rings is 1. The zero-order chi connectivity index (χ0) is 43.2. The molecule has 0 unspecified atom stereocenters. The monoisotopic (exact) mass is 1030 g/mol. The number of hydrogen-bond acceptors (Lipinski definition) is 4. The molecule has 0 N–H and O–H groups in total. The largest absolute Gasteiger partial charge is 0.486 e. The van der Waals surface area contributed by atoms with Gasteiger partial charge in [0.25, 0.3) is 0 Å². The van der Waals surface area contributed by atoms with Gasteiger partial charge in [0.1, 0.15) is 0 Å². The van der Waals surface area contributed by atoms with Crippen LogP contribution in [0.4, 0.5) is 0 Å². The summed E-state index contributed by atoms with van der Waals surface area (Å²) in [6.07, 6.45) is 3.24. The molecular weight excluding hydrogens is 977 g/mol. The van der Waals surface area contributed by atoms with Crippen LogP contribution in [0.25, 0.3) is 94.1 Å². The van der Waals surface area contributed by atoms with E-state index in [9.17, 15) is 0 Å². The van der Waals surface area contributed by atoms with E-state index in [1.165, 1.54) is 32.5 Å². The van der Waals surface area contributed by atoms with Crippen LogP contribution in [0, 0.1) is 25.0 Å². The summed E-state index contributed by atoms with van der Waals surface area (Å²) in [6, 6.07) is 61.7. The van der Waals surface area contributed by atoms with Crippen molar-refractivity contribution in [2.24, 2.45) is 5.92 Å². The molecule has 0 aliphatic carbocycles. The molecule has 0 fully saturated rings. The van der Waals surface area contributed by atoms with Crippen molar-refractivity contribution in [3.05, 3.63) is 187 Å². The smallest absolute Gasteiger partial charge is 0.216 e. The average Bonchev–Trinajstić information content (AvgIpc) is 3.88. The molecule has 11 aromatic rings. The number of hydrogen-bond donors (Lipinski definition) is 0. The summed E-state index contributed by atoms with van der Waals surface area (Å²) in [7, 11) is -1.34. The standard InChI is InChI=1S/C39H24N3O.C18H24NSi.Ir/c1-24-17-19-33-32-15-8-16-34(37(32)43-39(33)40-24)38-41-36-31-20-18-26-11-5-6-14-29(26)30(31)21-22-35(36)42(38)28-13-7-12-27(23-28)25-9-3-2-4-10-25;1-14(2)11-16-12-17(15-9-7-6-8-10-15)19-13-18(16)20(3,4)5;/h2-15,17-23H,1H3;6-9,12-14H,11H2,1-5H3;/q2*-1;. The van der Waals surface area contributed by atoms with Gasteiger partial charge in [0, 0.05) is 48.5 Å². The predicted octanol–water partition coefficient (Wildman–Crippen LogP) is 14.4. The third-order valence-corrected chi connectivity index (χ3v) is 13.9. The Kier molecular flexibility index (Phi) is 11.7. The molecule has 0 saturated heterocycles. The summed E-state index contributed by atoms with van der Waals surface area (Å²) < 4.78 is 8.69. The maximum atomic E-state index is 6.45. The summed E-state index contributed by atoms with van der Waals surface area (Å²) in [5.41, 5.74) is 12.0. The Hall–Kier alpha value is -6.50. The van der Waals surface area contributed by atoms with E-state index >= 15 is 0 Å². The van der Waals surface area contributed by atoms with Gasteiger partial charge in [-0.1, -0.05) is 141 Å². The quantitative estimate of drug-likeness (QED) is 0.0907. The van der Waals surface area contributed by atoms with Gasteiger partial charge in [0.05, 0.1) is 30.5 Å². The average molecular weight is 1030 g/mol. The van der Waals surface area contributed by atoms with Crippen molar-refractivity contribution in [2.75, 3.05) is 0 Å². The second kappa shape index (κ2) is 17.6. The van der Waals surface area contributed by atoms with Crippen LogP contribution in [0.5, 0.6) is 0 Å². The van der Waals surface area contributed by atoms with Gasteiger partial charge in [-0.05, 0) is 87.8 Å². The van der Waals surface area contributed by atoms with E-state index in [4.69, 9.17) is 9.40 Å². The van der Waals surface area contributed by atoms with Gasteiger partial charge >= 0.3 is 0 Å². The van der Waals surface area contributed by atoms with Crippen LogP contribution in [-0.4, -0.2) is 27.6 Å². The van der Waals surface area contributed by atoms with Crippen molar-refractivity contribution in [1.29, 1.82) is 0 Å². The first-order valence-electron chi connectivity index (χ1n) is 21.8. The Bertz CT molecular complexity index is 3460. The Morgan fingerprint density at radius 3 is 2.22 bits per heavy atom. The van der Waals surface area contributed by atoms with Crippen molar-refractivity contribution in [1.82, 2.24) is 19.5 Å². The van der Waals surface area contributed by atoms with Crippen LogP contribution < -0.4 is 5.19 Å². The molecule has 4 heterocycles.